The van der Waals surface area contributed by atoms with Crippen LogP contribution < -0.4 is 4.90 Å². The molecular formula is C50H34N4O. The standard InChI is InChI=1S/C50H34N4O/c1-4-12-35(13-5-1)36-20-22-38(23-21-36)49-51-52-50(55-49)39-26-31-44(32-27-39)53(41-14-6-2-7-15-41)43-29-24-37(25-30-43)40-28-33-48-46(34-40)45-18-10-11-19-47(45)54(48)42-16-8-3-9-17-42/h1-34H. The number of nitrogens with zero attached hydrogens (tertiary/aromatic N) is 4. The third kappa shape index (κ3) is 6.04. The van der Waals surface area contributed by atoms with Crippen LogP contribution in [0, 0.1) is 0 Å². The maximum Gasteiger partial charge on any atom is 0.248 e. The van der Waals surface area contributed by atoms with Crippen molar-refractivity contribution in [2.24, 2.45) is 0 Å². The van der Waals surface area contributed by atoms with Gasteiger partial charge in [0.15, 0.2) is 0 Å². The maximum atomic E-state index is 6.16. The molecule has 260 valence electrons. The average molecular weight is 707 g/mol. The van der Waals surface area contributed by atoms with Crippen LogP contribution in [0.4, 0.5) is 17.1 Å². The number of rotatable bonds is 8. The van der Waals surface area contributed by atoms with Gasteiger partial charge in [0.25, 0.3) is 0 Å². The highest BCUT2D eigenvalue weighted by Gasteiger charge is 2.17. The van der Waals surface area contributed by atoms with Crippen LogP contribution in [0.15, 0.2) is 211 Å². The highest BCUT2D eigenvalue weighted by molar-refractivity contribution is 6.10. The lowest BCUT2D eigenvalue weighted by molar-refractivity contribution is 0.584. The Balaban J connectivity index is 0.942. The molecule has 0 aliphatic carbocycles. The number of anilines is 3. The largest absolute Gasteiger partial charge is 0.416 e. The van der Waals surface area contributed by atoms with E-state index in [-0.39, 0.29) is 0 Å². The van der Waals surface area contributed by atoms with Gasteiger partial charge in [-0.05, 0) is 113 Å². The molecule has 0 fully saturated rings. The van der Waals surface area contributed by atoms with Crippen molar-refractivity contribution in [2.75, 3.05) is 4.90 Å². The SMILES string of the molecule is c1ccc(-c2ccc(-c3nnc(-c4ccc(N(c5ccccc5)c5ccc(-c6ccc7c(c6)c6ccccc6n7-c6ccccc6)cc5)cc4)o3)cc2)cc1. The summed E-state index contributed by atoms with van der Waals surface area (Å²) in [6.45, 7) is 0. The van der Waals surface area contributed by atoms with Crippen LogP contribution in [0.1, 0.15) is 0 Å². The number of benzene rings is 8. The Kier molecular flexibility index (Phi) is 8.08. The van der Waals surface area contributed by atoms with Gasteiger partial charge in [-0.1, -0.05) is 115 Å². The van der Waals surface area contributed by atoms with Gasteiger partial charge in [-0.15, -0.1) is 10.2 Å². The molecule has 0 saturated carbocycles. The fourth-order valence-electron chi connectivity index (χ4n) is 7.48. The van der Waals surface area contributed by atoms with Gasteiger partial charge in [0.1, 0.15) is 0 Å². The van der Waals surface area contributed by atoms with Gasteiger partial charge in [-0.2, -0.15) is 0 Å². The second-order valence-electron chi connectivity index (χ2n) is 13.5. The molecule has 5 nitrogen and oxygen atoms in total. The van der Waals surface area contributed by atoms with Gasteiger partial charge in [-0.3, -0.25) is 0 Å². The summed E-state index contributed by atoms with van der Waals surface area (Å²) in [5.41, 5.74) is 13.1. The van der Waals surface area contributed by atoms with Crippen LogP contribution in [0.25, 0.3) is 72.7 Å². The molecule has 0 aliphatic heterocycles. The molecule has 8 aromatic carbocycles. The normalized spacial score (nSPS) is 11.3. The third-order valence-corrected chi connectivity index (χ3v) is 10.2. The lowest BCUT2D eigenvalue weighted by Crippen LogP contribution is -2.09. The minimum absolute atomic E-state index is 0.480. The molecule has 55 heavy (non-hydrogen) atoms. The van der Waals surface area contributed by atoms with E-state index < -0.39 is 0 Å². The van der Waals surface area contributed by atoms with Crippen LogP contribution >= 0.6 is 0 Å². The summed E-state index contributed by atoms with van der Waals surface area (Å²) >= 11 is 0. The number of aromatic nitrogens is 3. The van der Waals surface area contributed by atoms with E-state index in [9.17, 15) is 0 Å². The predicted octanol–water partition coefficient (Wildman–Crippen LogP) is 13.3. The number of hydrogen-bond acceptors (Lipinski definition) is 4. The summed E-state index contributed by atoms with van der Waals surface area (Å²) < 4.78 is 8.51. The van der Waals surface area contributed by atoms with E-state index in [0.29, 0.717) is 11.8 Å². The average Bonchev–Trinajstić information content (AvgIpc) is 3.89. The highest BCUT2D eigenvalue weighted by atomic mass is 16.4. The van der Waals surface area contributed by atoms with E-state index in [2.05, 4.69) is 177 Å². The first-order valence-electron chi connectivity index (χ1n) is 18.4. The Bertz CT molecular complexity index is 2880. The van der Waals surface area contributed by atoms with Crippen LogP contribution in [-0.2, 0) is 0 Å². The predicted molar refractivity (Wildman–Crippen MR) is 225 cm³/mol. The monoisotopic (exact) mass is 706 g/mol. The maximum absolute atomic E-state index is 6.16. The fraction of sp³-hybridized carbons (Fsp3) is 0. The van der Waals surface area contributed by atoms with Gasteiger partial charge >= 0.3 is 0 Å². The van der Waals surface area contributed by atoms with Crippen molar-refractivity contribution < 1.29 is 4.42 Å². The van der Waals surface area contributed by atoms with Crippen LogP contribution in [-0.4, -0.2) is 14.8 Å². The van der Waals surface area contributed by atoms with E-state index >= 15 is 0 Å². The minimum atomic E-state index is 0.480. The van der Waals surface area contributed by atoms with Crippen molar-refractivity contribution in [3.8, 4) is 50.8 Å². The second kappa shape index (κ2) is 13.8. The zero-order valence-electron chi connectivity index (χ0n) is 29.8. The molecule has 0 aliphatic rings. The van der Waals surface area contributed by atoms with Crippen molar-refractivity contribution in [2.45, 2.75) is 0 Å². The molecule has 0 amide bonds. The molecule has 0 radical (unpaired) electrons. The molecule has 2 aromatic heterocycles. The molecule has 10 aromatic rings. The molecule has 0 saturated heterocycles. The first-order chi connectivity index (χ1) is 27.3. The van der Waals surface area contributed by atoms with E-state index in [1.807, 2.05) is 48.5 Å². The van der Waals surface area contributed by atoms with Crippen LogP contribution in [0.5, 0.6) is 0 Å². The van der Waals surface area contributed by atoms with Crippen molar-refractivity contribution in [1.82, 2.24) is 14.8 Å². The van der Waals surface area contributed by atoms with Crippen LogP contribution in [0.2, 0.25) is 0 Å². The van der Waals surface area contributed by atoms with Gasteiger partial charge in [0.2, 0.25) is 11.8 Å². The lowest BCUT2D eigenvalue weighted by Gasteiger charge is -2.25. The zero-order valence-corrected chi connectivity index (χ0v) is 29.8. The van der Waals surface area contributed by atoms with E-state index in [1.165, 1.54) is 32.9 Å². The Morgan fingerprint density at radius 2 is 0.782 bits per heavy atom. The summed E-state index contributed by atoms with van der Waals surface area (Å²) in [5.74, 6) is 0.971. The molecule has 0 unspecified atom stereocenters. The Morgan fingerprint density at radius 3 is 1.44 bits per heavy atom. The molecule has 2 heterocycles. The summed E-state index contributed by atoms with van der Waals surface area (Å²) in [6.07, 6.45) is 0. The van der Waals surface area contributed by atoms with Gasteiger partial charge in [0, 0.05) is 44.6 Å². The molecule has 0 atom stereocenters. The first-order valence-corrected chi connectivity index (χ1v) is 18.4. The lowest BCUT2D eigenvalue weighted by atomic mass is 10.0. The Morgan fingerprint density at radius 1 is 0.345 bits per heavy atom. The van der Waals surface area contributed by atoms with Gasteiger partial charge < -0.3 is 13.9 Å². The number of fused-ring (bicyclic) bond motifs is 3. The first kappa shape index (κ1) is 32.2. The second-order valence-corrected chi connectivity index (χ2v) is 13.5. The molecule has 10 rings (SSSR count). The molecule has 0 spiro atoms. The summed E-state index contributed by atoms with van der Waals surface area (Å²) in [4.78, 5) is 2.26. The molecule has 5 heteroatoms. The topological polar surface area (TPSA) is 47.1 Å². The van der Waals surface area contributed by atoms with Crippen molar-refractivity contribution in [3.05, 3.63) is 206 Å². The number of hydrogen-bond donors (Lipinski definition) is 0. The van der Waals surface area contributed by atoms with E-state index in [0.717, 1.165) is 45.0 Å². The summed E-state index contributed by atoms with van der Waals surface area (Å²) in [6, 6.07) is 72.1. The summed E-state index contributed by atoms with van der Waals surface area (Å²) in [5, 5.41) is 11.2. The molecule has 0 N–H and O–H groups in total. The zero-order chi connectivity index (χ0) is 36.6. The molecule has 0 bridgehead atoms. The van der Waals surface area contributed by atoms with Crippen molar-refractivity contribution >= 4 is 38.9 Å². The number of para-hydroxylation sites is 3. The van der Waals surface area contributed by atoms with Gasteiger partial charge in [-0.25, -0.2) is 0 Å². The Hall–Kier alpha value is -7.50. The van der Waals surface area contributed by atoms with Crippen molar-refractivity contribution in [3.63, 3.8) is 0 Å². The van der Waals surface area contributed by atoms with Gasteiger partial charge in [0.05, 0.1) is 11.0 Å². The smallest absolute Gasteiger partial charge is 0.248 e. The van der Waals surface area contributed by atoms with Crippen LogP contribution in [0.3, 0.4) is 0 Å². The quantitative estimate of drug-likeness (QED) is 0.158. The third-order valence-electron chi connectivity index (χ3n) is 10.2. The fourth-order valence-corrected chi connectivity index (χ4v) is 7.48. The van der Waals surface area contributed by atoms with E-state index in [4.69, 9.17) is 4.42 Å². The Labute approximate surface area is 319 Å². The summed E-state index contributed by atoms with van der Waals surface area (Å²) in [7, 11) is 0. The minimum Gasteiger partial charge on any atom is -0.416 e. The molecular weight excluding hydrogens is 673 g/mol. The van der Waals surface area contributed by atoms with Crippen molar-refractivity contribution in [1.29, 1.82) is 0 Å². The highest BCUT2D eigenvalue weighted by Crippen LogP contribution is 2.39. The van der Waals surface area contributed by atoms with E-state index in [1.54, 1.807) is 0 Å².